The Labute approximate surface area is 309 Å². The summed E-state index contributed by atoms with van der Waals surface area (Å²) in [5, 5.41) is 6.02. The fourth-order valence-electron chi connectivity index (χ4n) is 6.51. The second kappa shape index (κ2) is 15.9. The van der Waals surface area contributed by atoms with Crippen LogP contribution in [-0.4, -0.2) is 111 Å². The van der Waals surface area contributed by atoms with Crippen molar-refractivity contribution in [3.05, 3.63) is 77.4 Å². The number of nitrogens with two attached hydrogens (primary N) is 1. The molecule has 1 aliphatic carbocycles. The number of para-hydroxylation sites is 1. The second-order valence-corrected chi connectivity index (χ2v) is 14.5. The highest BCUT2D eigenvalue weighted by Gasteiger charge is 2.52. The van der Waals surface area contributed by atoms with Crippen LogP contribution in [-0.2, 0) is 32.1 Å². The molecule has 4 atom stereocenters. The van der Waals surface area contributed by atoms with Crippen molar-refractivity contribution in [1.82, 2.24) is 30.1 Å². The molecule has 16 heteroatoms. The number of alkyl halides is 2. The summed E-state index contributed by atoms with van der Waals surface area (Å²) in [5.74, 6) is -0.519. The number of aromatic nitrogens is 1. The van der Waals surface area contributed by atoms with Gasteiger partial charge in [-0.3, -0.25) is 14.6 Å². The molecule has 2 saturated heterocycles. The molecule has 3 N–H and O–H groups in total. The molecule has 270 valence electrons. The molecule has 2 unspecified atom stereocenters. The number of nitrogens with zero attached hydrogens (tertiary/aromatic N) is 5. The highest BCUT2D eigenvalue weighted by atomic mass is 35.5. The number of halogens is 2. The number of rotatable bonds is 12. The Kier molecular flexibility index (Phi) is 11.3. The van der Waals surface area contributed by atoms with E-state index in [9.17, 15) is 19.2 Å². The first-order chi connectivity index (χ1) is 24.6. The molecule has 3 aliphatic rings. The third kappa shape index (κ3) is 8.09. The average molecular weight is 757 g/mol. The molecule has 2 aliphatic heterocycles. The number of piperazine rings is 1. The first kappa shape index (κ1) is 36.4. The summed E-state index contributed by atoms with van der Waals surface area (Å²) in [6.07, 6.45) is 5.68. The van der Waals surface area contributed by atoms with Gasteiger partial charge >= 0.3 is 12.0 Å². The molecule has 3 heterocycles. The number of carbonyl (C=O) groups is 4. The van der Waals surface area contributed by atoms with E-state index < -0.39 is 23.6 Å². The lowest BCUT2D eigenvalue weighted by Crippen LogP contribution is -2.66. The summed E-state index contributed by atoms with van der Waals surface area (Å²) in [4.78, 5) is 61.4. The predicted molar refractivity (Wildman–Crippen MR) is 195 cm³/mol. The molecule has 2 fully saturated rings. The van der Waals surface area contributed by atoms with Crippen molar-refractivity contribution in [3.63, 3.8) is 0 Å². The molecule has 0 radical (unpaired) electrons. The minimum Gasteiger partial charge on any atom is -0.482 e. The molecule has 0 spiro atoms. The lowest BCUT2D eigenvalue weighted by molar-refractivity contribution is -0.157. The van der Waals surface area contributed by atoms with E-state index in [0.717, 1.165) is 26.9 Å². The third-order valence-corrected chi connectivity index (χ3v) is 10.8. The predicted octanol–water partition coefficient (Wildman–Crippen LogP) is 3.90. The molecule has 51 heavy (non-hydrogen) atoms. The number of methoxy groups -OCH3 is 1. The maximum Gasteiger partial charge on any atom is 0.343 e. The van der Waals surface area contributed by atoms with Crippen LogP contribution in [0.1, 0.15) is 24.5 Å². The maximum absolute atomic E-state index is 14.4. The van der Waals surface area contributed by atoms with E-state index in [1.54, 1.807) is 50.2 Å². The summed E-state index contributed by atoms with van der Waals surface area (Å²) in [7, 11) is 1.28. The molecule has 2 aromatic carbocycles. The zero-order chi connectivity index (χ0) is 36.2. The van der Waals surface area contributed by atoms with Crippen LogP contribution in [0.25, 0.3) is 10.2 Å². The monoisotopic (exact) mass is 755 g/mol. The van der Waals surface area contributed by atoms with Crippen LogP contribution in [0.4, 0.5) is 9.93 Å². The normalized spacial score (nSPS) is 21.8. The summed E-state index contributed by atoms with van der Waals surface area (Å²) >= 11 is 13.9. The van der Waals surface area contributed by atoms with Crippen molar-refractivity contribution in [2.75, 3.05) is 45.6 Å². The van der Waals surface area contributed by atoms with E-state index in [1.165, 1.54) is 18.4 Å². The lowest BCUT2D eigenvalue weighted by Gasteiger charge is -2.46. The van der Waals surface area contributed by atoms with E-state index in [-0.39, 0.29) is 62.4 Å². The molecule has 1 aromatic heterocycles. The molecule has 0 saturated carbocycles. The molecule has 4 amide bonds. The Morgan fingerprint density at radius 2 is 1.92 bits per heavy atom. The van der Waals surface area contributed by atoms with E-state index in [4.69, 9.17) is 33.7 Å². The SMILES string of the molecule is CCCN(C(=O)NCC1=CC(Cl)C(Cl)C=C1)N1CC(=O)N2[C@@H](Cc3ccc(OCC(=O)OC)cc3)C(=O)N(Cc3cccc4sc(N)nc34)C[C@@H]21. The number of allylic oxidation sites excluding steroid dienone is 2. The quantitative estimate of drug-likeness (QED) is 0.207. The van der Waals surface area contributed by atoms with Gasteiger partial charge in [0.05, 0.1) is 41.2 Å². The van der Waals surface area contributed by atoms with Crippen molar-refractivity contribution in [2.24, 2.45) is 0 Å². The third-order valence-electron chi connectivity index (χ3n) is 8.98. The molecule has 6 rings (SSSR count). The van der Waals surface area contributed by atoms with Crippen LogP contribution in [0.5, 0.6) is 5.75 Å². The molecule has 0 bridgehead atoms. The van der Waals surface area contributed by atoms with Gasteiger partial charge in [-0.1, -0.05) is 60.8 Å². The number of hydrogen-bond donors (Lipinski definition) is 2. The molecule has 3 aromatic rings. The van der Waals surface area contributed by atoms with Gasteiger partial charge in [0, 0.05) is 26.1 Å². The van der Waals surface area contributed by atoms with Crippen LogP contribution in [0.2, 0.25) is 0 Å². The maximum atomic E-state index is 14.4. The highest BCUT2D eigenvalue weighted by molar-refractivity contribution is 7.22. The number of nitrogen functional groups attached to an aromatic ring is 1. The number of hydrogen-bond acceptors (Lipinski definition) is 10. The molecular formula is C35H39Cl2N7O6S. The van der Waals surface area contributed by atoms with Gasteiger partial charge in [0.1, 0.15) is 18.0 Å². The lowest BCUT2D eigenvalue weighted by atomic mass is 9.99. The van der Waals surface area contributed by atoms with Crippen molar-refractivity contribution in [2.45, 2.75) is 49.3 Å². The molecule has 13 nitrogen and oxygen atoms in total. The highest BCUT2D eigenvalue weighted by Crippen LogP contribution is 2.33. The number of ether oxygens (including phenoxy) is 2. The van der Waals surface area contributed by atoms with Crippen LogP contribution in [0.3, 0.4) is 0 Å². The Bertz CT molecular complexity index is 1850. The van der Waals surface area contributed by atoms with Crippen LogP contribution < -0.4 is 15.8 Å². The van der Waals surface area contributed by atoms with Crippen LogP contribution in [0, 0.1) is 0 Å². The number of esters is 1. The van der Waals surface area contributed by atoms with Crippen LogP contribution in [0.15, 0.2) is 66.3 Å². The minimum absolute atomic E-state index is 0.0749. The second-order valence-electron chi connectivity index (χ2n) is 12.4. The topological polar surface area (TPSA) is 151 Å². The first-order valence-electron chi connectivity index (χ1n) is 16.6. The van der Waals surface area contributed by atoms with Crippen molar-refractivity contribution < 1.29 is 28.7 Å². The van der Waals surface area contributed by atoms with Gasteiger partial charge in [-0.25, -0.2) is 14.6 Å². The number of thiazole rings is 1. The van der Waals surface area contributed by atoms with Gasteiger partial charge in [-0.05, 0) is 41.3 Å². The summed E-state index contributed by atoms with van der Waals surface area (Å²) in [6.45, 7) is 2.64. The van der Waals surface area contributed by atoms with Crippen molar-refractivity contribution in [3.8, 4) is 5.75 Å². The van der Waals surface area contributed by atoms with E-state index >= 15 is 0 Å². The first-order valence-corrected chi connectivity index (χ1v) is 18.3. The number of hydrazine groups is 1. The van der Waals surface area contributed by atoms with E-state index in [2.05, 4.69) is 15.0 Å². The number of amides is 4. The van der Waals surface area contributed by atoms with Gasteiger partial charge in [0.25, 0.3) is 0 Å². The average Bonchev–Trinajstić information content (AvgIpc) is 3.67. The number of carbonyl (C=O) groups excluding carboxylic acids is 4. The standard InChI is InChI=1S/C35H39Cl2N7O6S/c1-3-13-42(35(48)39-16-22-9-12-25(36)26(37)14-22)43-19-30(45)44-27(15-21-7-10-24(11-8-21)50-20-31(46)49-2)33(47)41(18-29(43)44)17-23-5-4-6-28-32(23)40-34(38)51-28/h4-12,14,25-27,29H,3,13,15-20H2,1-2H3,(H2,38,40)(H,39,48)/t25?,26?,27-,29+/m0/s1. The largest absolute Gasteiger partial charge is 0.482 e. The van der Waals surface area contributed by atoms with Crippen molar-refractivity contribution in [1.29, 1.82) is 0 Å². The molecular weight excluding hydrogens is 717 g/mol. The van der Waals surface area contributed by atoms with Gasteiger partial charge in [0.15, 0.2) is 11.7 Å². The Morgan fingerprint density at radius 3 is 2.65 bits per heavy atom. The zero-order valence-electron chi connectivity index (χ0n) is 28.2. The number of anilines is 1. The number of fused-ring (bicyclic) bond motifs is 2. The van der Waals surface area contributed by atoms with E-state index in [1.807, 2.05) is 37.3 Å². The van der Waals surface area contributed by atoms with Crippen molar-refractivity contribution >= 4 is 73.7 Å². The van der Waals surface area contributed by atoms with Crippen LogP contribution >= 0.6 is 34.5 Å². The zero-order valence-corrected chi connectivity index (χ0v) is 30.5. The van der Waals surface area contributed by atoms with E-state index in [0.29, 0.717) is 23.8 Å². The smallest absolute Gasteiger partial charge is 0.343 e. The number of benzene rings is 2. The summed E-state index contributed by atoms with van der Waals surface area (Å²) < 4.78 is 11.0. The summed E-state index contributed by atoms with van der Waals surface area (Å²) in [6, 6.07) is 11.6. The van der Waals surface area contributed by atoms with Gasteiger partial charge in [-0.2, -0.15) is 5.01 Å². The number of urea groups is 1. The number of nitrogens with one attached hydrogen (secondary N) is 1. The Morgan fingerprint density at radius 1 is 1.14 bits per heavy atom. The summed E-state index contributed by atoms with van der Waals surface area (Å²) in [5.41, 5.74) is 9.21. The minimum atomic E-state index is -0.851. The van der Waals surface area contributed by atoms with Gasteiger partial charge < -0.3 is 30.3 Å². The van der Waals surface area contributed by atoms with Gasteiger partial charge in [-0.15, -0.1) is 23.2 Å². The Hall–Kier alpha value is -4.37. The van der Waals surface area contributed by atoms with Gasteiger partial charge in [0.2, 0.25) is 11.8 Å². The fraction of sp³-hybridized carbons (Fsp3) is 0.400. The Balaban J connectivity index is 1.27. The fourth-order valence-corrected chi connectivity index (χ4v) is 7.68.